The minimum atomic E-state index is -0.144. The molecule has 0 spiro atoms. The number of thiazole rings is 1. The van der Waals surface area contributed by atoms with Crippen LogP contribution in [0.25, 0.3) is 10.2 Å². The smallest absolute Gasteiger partial charge is 0.266 e. The summed E-state index contributed by atoms with van der Waals surface area (Å²) in [7, 11) is 0. The van der Waals surface area contributed by atoms with E-state index >= 15 is 0 Å². The molecule has 0 bridgehead atoms. The third-order valence-corrected chi connectivity index (χ3v) is 6.52. The second-order valence-corrected chi connectivity index (χ2v) is 8.67. The largest absolute Gasteiger partial charge is 0.484 e. The standard InChI is InChI=1S/C22H23ClN2O3S/c1-14-5-3-6-16(11-14)28-13-19(26)25(12-17-7-4-10-27-17)22-24-20-15(2)8-9-18(23)21(20)29-22/h3,5-6,8-9,11,17H,4,7,10,12-13H2,1-2H3. The summed E-state index contributed by atoms with van der Waals surface area (Å²) in [5.41, 5.74) is 2.96. The Bertz CT molecular complexity index is 991. The molecule has 29 heavy (non-hydrogen) atoms. The molecular formula is C22H23ClN2O3S. The first-order chi connectivity index (χ1) is 14.0. The van der Waals surface area contributed by atoms with Crippen LogP contribution in [0.2, 0.25) is 5.02 Å². The van der Waals surface area contributed by atoms with Crippen LogP contribution in [-0.4, -0.2) is 36.8 Å². The summed E-state index contributed by atoms with van der Waals surface area (Å²) in [6, 6.07) is 11.5. The quantitative estimate of drug-likeness (QED) is 0.542. The van der Waals surface area contributed by atoms with Crippen LogP contribution in [0, 0.1) is 13.8 Å². The number of amides is 1. The van der Waals surface area contributed by atoms with Crippen molar-refractivity contribution in [2.24, 2.45) is 0 Å². The normalized spacial score (nSPS) is 16.3. The highest BCUT2D eigenvalue weighted by Crippen LogP contribution is 2.36. The second-order valence-electron chi connectivity index (χ2n) is 7.28. The number of hydrogen-bond acceptors (Lipinski definition) is 5. The van der Waals surface area contributed by atoms with Gasteiger partial charge in [0.25, 0.3) is 5.91 Å². The number of ether oxygens (including phenoxy) is 2. The van der Waals surface area contributed by atoms with E-state index in [0.29, 0.717) is 22.4 Å². The van der Waals surface area contributed by atoms with Crippen LogP contribution in [0.3, 0.4) is 0 Å². The van der Waals surface area contributed by atoms with Crippen molar-refractivity contribution in [2.75, 3.05) is 24.7 Å². The number of halogens is 1. The van der Waals surface area contributed by atoms with Crippen molar-refractivity contribution in [1.29, 1.82) is 0 Å². The number of aromatic nitrogens is 1. The molecule has 1 aliphatic heterocycles. The average Bonchev–Trinajstić information content (AvgIpc) is 3.37. The maximum absolute atomic E-state index is 13.1. The van der Waals surface area contributed by atoms with E-state index < -0.39 is 0 Å². The molecule has 152 valence electrons. The Balaban J connectivity index is 1.59. The fourth-order valence-corrected chi connectivity index (χ4v) is 4.76. The lowest BCUT2D eigenvalue weighted by molar-refractivity contribution is -0.120. The molecule has 0 saturated carbocycles. The van der Waals surface area contributed by atoms with Gasteiger partial charge in [0.15, 0.2) is 11.7 Å². The Labute approximate surface area is 179 Å². The first-order valence-electron chi connectivity index (χ1n) is 9.68. The molecular weight excluding hydrogens is 408 g/mol. The van der Waals surface area contributed by atoms with E-state index in [0.717, 1.165) is 40.8 Å². The minimum Gasteiger partial charge on any atom is -0.484 e. The molecule has 1 saturated heterocycles. The van der Waals surface area contributed by atoms with Gasteiger partial charge in [-0.2, -0.15) is 0 Å². The molecule has 1 aromatic heterocycles. The van der Waals surface area contributed by atoms with Gasteiger partial charge in [-0.1, -0.05) is 41.1 Å². The zero-order valence-corrected chi connectivity index (χ0v) is 18.1. The predicted octanol–water partition coefficient (Wildman–Crippen LogP) is 5.16. The topological polar surface area (TPSA) is 51.7 Å². The van der Waals surface area contributed by atoms with Crippen LogP contribution in [-0.2, 0) is 9.53 Å². The van der Waals surface area contributed by atoms with Gasteiger partial charge in [-0.3, -0.25) is 9.69 Å². The third-order valence-electron chi connectivity index (χ3n) is 4.98. The molecule has 4 rings (SSSR count). The highest BCUT2D eigenvalue weighted by molar-refractivity contribution is 7.23. The molecule has 0 radical (unpaired) electrons. The molecule has 1 amide bonds. The van der Waals surface area contributed by atoms with Crippen LogP contribution in [0.5, 0.6) is 5.75 Å². The average molecular weight is 431 g/mol. The number of rotatable bonds is 6. The zero-order chi connectivity index (χ0) is 20.4. The van der Waals surface area contributed by atoms with Crippen molar-refractivity contribution in [3.8, 4) is 5.75 Å². The van der Waals surface area contributed by atoms with E-state index in [2.05, 4.69) is 0 Å². The Morgan fingerprint density at radius 1 is 1.34 bits per heavy atom. The molecule has 2 aromatic carbocycles. The summed E-state index contributed by atoms with van der Waals surface area (Å²) in [6.07, 6.45) is 1.96. The van der Waals surface area contributed by atoms with E-state index in [1.54, 1.807) is 4.90 Å². The van der Waals surface area contributed by atoms with Crippen LogP contribution in [0.4, 0.5) is 5.13 Å². The van der Waals surface area contributed by atoms with Crippen molar-refractivity contribution in [2.45, 2.75) is 32.8 Å². The van der Waals surface area contributed by atoms with Gasteiger partial charge in [-0.05, 0) is 56.0 Å². The van der Waals surface area contributed by atoms with Gasteiger partial charge in [-0.15, -0.1) is 0 Å². The van der Waals surface area contributed by atoms with Crippen LogP contribution >= 0.6 is 22.9 Å². The Morgan fingerprint density at radius 2 is 2.21 bits per heavy atom. The number of hydrogen-bond donors (Lipinski definition) is 0. The first-order valence-corrected chi connectivity index (χ1v) is 10.9. The van der Waals surface area contributed by atoms with E-state index in [-0.39, 0.29) is 18.6 Å². The summed E-state index contributed by atoms with van der Waals surface area (Å²) >= 11 is 7.80. The monoisotopic (exact) mass is 430 g/mol. The van der Waals surface area contributed by atoms with Gasteiger partial charge < -0.3 is 9.47 Å². The molecule has 7 heteroatoms. The maximum Gasteiger partial charge on any atom is 0.266 e. The number of benzene rings is 2. The molecule has 1 unspecified atom stereocenters. The molecule has 5 nitrogen and oxygen atoms in total. The number of carbonyl (C=O) groups is 1. The lowest BCUT2D eigenvalue weighted by Gasteiger charge is -2.23. The van der Waals surface area contributed by atoms with Gasteiger partial charge in [0, 0.05) is 6.61 Å². The number of nitrogens with zero attached hydrogens (tertiary/aromatic N) is 2. The van der Waals surface area contributed by atoms with Gasteiger partial charge in [0.2, 0.25) is 0 Å². The van der Waals surface area contributed by atoms with Crippen molar-refractivity contribution in [3.05, 3.63) is 52.5 Å². The molecule has 3 aromatic rings. The van der Waals surface area contributed by atoms with Gasteiger partial charge >= 0.3 is 0 Å². The van der Waals surface area contributed by atoms with Crippen LogP contribution in [0.1, 0.15) is 24.0 Å². The highest BCUT2D eigenvalue weighted by atomic mass is 35.5. The summed E-state index contributed by atoms with van der Waals surface area (Å²) in [4.78, 5) is 19.5. The van der Waals surface area contributed by atoms with Gasteiger partial charge in [0.1, 0.15) is 5.75 Å². The number of carbonyl (C=O) groups excluding carboxylic acids is 1. The van der Waals surface area contributed by atoms with Crippen molar-refractivity contribution in [3.63, 3.8) is 0 Å². The van der Waals surface area contributed by atoms with E-state index in [1.165, 1.54) is 11.3 Å². The van der Waals surface area contributed by atoms with Crippen LogP contribution in [0.15, 0.2) is 36.4 Å². The summed E-state index contributed by atoms with van der Waals surface area (Å²) in [5.74, 6) is 0.536. The maximum atomic E-state index is 13.1. The van der Waals surface area contributed by atoms with E-state index in [1.807, 2.05) is 50.2 Å². The lowest BCUT2D eigenvalue weighted by Crippen LogP contribution is -2.40. The lowest BCUT2D eigenvalue weighted by atomic mass is 10.2. The second kappa shape index (κ2) is 8.69. The molecule has 0 aliphatic carbocycles. The van der Waals surface area contributed by atoms with Gasteiger partial charge in [0.05, 0.1) is 27.9 Å². The number of fused-ring (bicyclic) bond motifs is 1. The highest BCUT2D eigenvalue weighted by Gasteiger charge is 2.27. The first kappa shape index (κ1) is 20.1. The SMILES string of the molecule is Cc1cccc(OCC(=O)N(CC2CCCO2)c2nc3c(C)ccc(Cl)c3s2)c1. The van der Waals surface area contributed by atoms with Crippen molar-refractivity contribution < 1.29 is 14.3 Å². The number of anilines is 1. The molecule has 1 fully saturated rings. The molecule has 1 atom stereocenters. The molecule has 0 N–H and O–H groups in total. The van der Waals surface area contributed by atoms with E-state index in [9.17, 15) is 4.79 Å². The van der Waals surface area contributed by atoms with Gasteiger partial charge in [-0.25, -0.2) is 4.98 Å². The third kappa shape index (κ3) is 4.55. The van der Waals surface area contributed by atoms with E-state index in [4.69, 9.17) is 26.1 Å². The predicted molar refractivity (Wildman–Crippen MR) is 117 cm³/mol. The fourth-order valence-electron chi connectivity index (χ4n) is 3.41. The van der Waals surface area contributed by atoms with Crippen molar-refractivity contribution >= 4 is 44.2 Å². The Hall–Kier alpha value is -2.15. The minimum absolute atomic E-state index is 0.0153. The molecule has 2 heterocycles. The van der Waals surface area contributed by atoms with Crippen LogP contribution < -0.4 is 9.64 Å². The Kier molecular flexibility index (Phi) is 6.04. The summed E-state index contributed by atoms with van der Waals surface area (Å²) < 4.78 is 12.4. The summed E-state index contributed by atoms with van der Waals surface area (Å²) in [6.45, 7) is 5.13. The Morgan fingerprint density at radius 3 is 2.93 bits per heavy atom. The van der Waals surface area contributed by atoms with Crippen molar-refractivity contribution in [1.82, 2.24) is 4.98 Å². The fraction of sp³-hybridized carbons (Fsp3) is 0.364. The summed E-state index contributed by atoms with van der Waals surface area (Å²) in [5, 5.41) is 1.28. The molecule has 1 aliphatic rings. The zero-order valence-electron chi connectivity index (χ0n) is 16.5. The number of aryl methyl sites for hydroxylation is 2.